The van der Waals surface area contributed by atoms with Crippen molar-refractivity contribution in [2.75, 3.05) is 0 Å². The highest BCUT2D eigenvalue weighted by Gasteiger charge is 2.07. The van der Waals surface area contributed by atoms with Crippen molar-refractivity contribution in [3.8, 4) is 11.1 Å². The van der Waals surface area contributed by atoms with E-state index >= 15 is 0 Å². The van der Waals surface area contributed by atoms with E-state index in [1.165, 1.54) is 9.13 Å². The van der Waals surface area contributed by atoms with Gasteiger partial charge in [-0.1, -0.05) is 109 Å². The topological polar surface area (TPSA) is 49.2 Å². The molecule has 0 unspecified atom stereocenters. The Morgan fingerprint density at radius 2 is 0.969 bits per heavy atom. The first-order chi connectivity index (χ1) is 15.5. The van der Waals surface area contributed by atoms with Crippen molar-refractivity contribution < 1.29 is 10.0 Å². The van der Waals surface area contributed by atoms with Gasteiger partial charge in [-0.2, -0.15) is 0 Å². The van der Waals surface area contributed by atoms with E-state index in [-0.39, 0.29) is 0 Å². The van der Waals surface area contributed by atoms with Gasteiger partial charge in [0.2, 0.25) is 0 Å². The first-order valence-corrected chi connectivity index (χ1v) is 10.7. The standard InChI is InChI=1S/C13H9N.C7H4IN.C6H7BO2/c1-14-13-9-7-12(8-10-13)11-5-3-2-4-6-11;1-9-7-4-2-6(8)3-5-7;8-7(9)6-4-2-1-3-5-6/h2-10H;2-5H;1-5,8-9H. The lowest BCUT2D eigenvalue weighted by atomic mass is 9.81. The predicted octanol–water partition coefficient (Wildman–Crippen LogP) is 6.11. The summed E-state index contributed by atoms with van der Waals surface area (Å²) in [6, 6.07) is 33.9. The molecular weight excluding hydrogens is 510 g/mol. The second-order valence-electron chi connectivity index (χ2n) is 6.40. The Morgan fingerprint density at radius 1 is 0.562 bits per heavy atom. The van der Waals surface area contributed by atoms with E-state index in [1.54, 1.807) is 24.3 Å². The molecule has 4 rings (SSSR count). The zero-order valence-corrected chi connectivity index (χ0v) is 19.3. The van der Waals surface area contributed by atoms with E-state index in [9.17, 15) is 0 Å². The molecule has 0 heterocycles. The number of hydrogen-bond donors (Lipinski definition) is 2. The molecule has 0 aliphatic carbocycles. The van der Waals surface area contributed by atoms with E-state index < -0.39 is 7.12 Å². The molecule has 0 aliphatic heterocycles. The summed E-state index contributed by atoms with van der Waals surface area (Å²) in [6.07, 6.45) is 0. The van der Waals surface area contributed by atoms with Gasteiger partial charge in [0.05, 0.1) is 13.1 Å². The highest BCUT2D eigenvalue weighted by molar-refractivity contribution is 14.1. The second kappa shape index (κ2) is 13.8. The summed E-state index contributed by atoms with van der Waals surface area (Å²) >= 11 is 2.21. The SMILES string of the molecule is OB(O)c1ccccc1.[C-]#[N+]c1ccc(-c2ccccc2)cc1.[C-]#[N+]c1ccc(I)cc1. The molecule has 0 spiro atoms. The normalized spacial score (nSPS) is 9.03. The Kier molecular flexibility index (Phi) is 10.7. The lowest BCUT2D eigenvalue weighted by Gasteiger charge is -2.00. The Morgan fingerprint density at radius 3 is 1.38 bits per heavy atom. The molecule has 0 radical (unpaired) electrons. The fourth-order valence-electron chi connectivity index (χ4n) is 2.50. The van der Waals surface area contributed by atoms with E-state index in [0.29, 0.717) is 16.8 Å². The van der Waals surface area contributed by atoms with Crippen LogP contribution >= 0.6 is 22.6 Å². The quantitative estimate of drug-likeness (QED) is 0.187. The van der Waals surface area contributed by atoms with Crippen molar-refractivity contribution >= 4 is 46.5 Å². The molecule has 6 heteroatoms. The van der Waals surface area contributed by atoms with Crippen LogP contribution in [0.2, 0.25) is 0 Å². The van der Waals surface area contributed by atoms with Crippen molar-refractivity contribution in [2.45, 2.75) is 0 Å². The monoisotopic (exact) mass is 530 g/mol. The lowest BCUT2D eigenvalue weighted by Crippen LogP contribution is -2.29. The zero-order chi connectivity index (χ0) is 23.2. The van der Waals surface area contributed by atoms with Crippen LogP contribution in [0.3, 0.4) is 0 Å². The first kappa shape index (κ1) is 24.8. The molecule has 4 nitrogen and oxygen atoms in total. The van der Waals surface area contributed by atoms with Crippen LogP contribution in [-0.2, 0) is 0 Å². The summed E-state index contributed by atoms with van der Waals surface area (Å²) < 4.78 is 1.17. The van der Waals surface area contributed by atoms with Gasteiger partial charge in [-0.3, -0.25) is 0 Å². The third-order valence-electron chi connectivity index (χ3n) is 4.16. The predicted molar refractivity (Wildman–Crippen MR) is 140 cm³/mol. The van der Waals surface area contributed by atoms with Crippen molar-refractivity contribution in [2.24, 2.45) is 0 Å². The molecule has 0 amide bonds. The molecule has 156 valence electrons. The highest BCUT2D eigenvalue weighted by Crippen LogP contribution is 2.22. The van der Waals surface area contributed by atoms with Crippen LogP contribution in [0.1, 0.15) is 0 Å². The fourth-order valence-corrected chi connectivity index (χ4v) is 2.86. The molecule has 0 saturated carbocycles. The summed E-state index contributed by atoms with van der Waals surface area (Å²) in [7, 11) is -1.34. The largest absolute Gasteiger partial charge is 0.488 e. The number of hydrogen-bond acceptors (Lipinski definition) is 2. The second-order valence-corrected chi connectivity index (χ2v) is 7.64. The molecule has 0 atom stereocenters. The van der Waals surface area contributed by atoms with Gasteiger partial charge in [-0.25, -0.2) is 9.69 Å². The van der Waals surface area contributed by atoms with Crippen LogP contribution in [0.25, 0.3) is 20.8 Å². The van der Waals surface area contributed by atoms with Gasteiger partial charge in [0.1, 0.15) is 0 Å². The van der Waals surface area contributed by atoms with E-state index in [0.717, 1.165) is 5.56 Å². The molecule has 2 N–H and O–H groups in total. The van der Waals surface area contributed by atoms with Crippen LogP contribution < -0.4 is 5.46 Å². The maximum absolute atomic E-state index is 8.58. The lowest BCUT2D eigenvalue weighted by molar-refractivity contribution is 0.426. The fraction of sp³-hybridized carbons (Fsp3) is 0. The van der Waals surface area contributed by atoms with Gasteiger partial charge in [-0.15, -0.1) is 0 Å². The number of halogens is 1. The Labute approximate surface area is 202 Å². The van der Waals surface area contributed by atoms with Crippen molar-refractivity contribution in [1.29, 1.82) is 0 Å². The van der Waals surface area contributed by atoms with Gasteiger partial charge in [0.25, 0.3) is 0 Å². The maximum Gasteiger partial charge on any atom is 0.488 e. The van der Waals surface area contributed by atoms with Crippen LogP contribution in [0.5, 0.6) is 0 Å². The Hall–Kier alpha value is -3.43. The summed E-state index contributed by atoms with van der Waals surface area (Å²) in [5, 5.41) is 17.2. The summed E-state index contributed by atoms with van der Waals surface area (Å²) in [5.41, 5.74) is 4.25. The van der Waals surface area contributed by atoms with Crippen LogP contribution in [0, 0.1) is 16.7 Å². The van der Waals surface area contributed by atoms with Crippen molar-refractivity contribution in [1.82, 2.24) is 0 Å². The molecule has 0 aromatic heterocycles. The zero-order valence-electron chi connectivity index (χ0n) is 17.1. The van der Waals surface area contributed by atoms with Gasteiger partial charge in [0, 0.05) is 3.57 Å². The Bertz CT molecular complexity index is 1150. The molecule has 0 aliphatic rings. The Balaban J connectivity index is 0.000000178. The maximum atomic E-state index is 8.58. The minimum atomic E-state index is -1.34. The third-order valence-corrected chi connectivity index (χ3v) is 4.88. The highest BCUT2D eigenvalue weighted by atomic mass is 127. The summed E-state index contributed by atoms with van der Waals surface area (Å²) in [6.45, 7) is 13.5. The van der Waals surface area contributed by atoms with Gasteiger partial charge >= 0.3 is 7.12 Å². The van der Waals surface area contributed by atoms with Crippen molar-refractivity contribution in [3.05, 3.63) is 136 Å². The van der Waals surface area contributed by atoms with E-state index in [4.69, 9.17) is 23.2 Å². The van der Waals surface area contributed by atoms with Crippen LogP contribution in [0.15, 0.2) is 109 Å². The minimum Gasteiger partial charge on any atom is -0.423 e. The minimum absolute atomic E-state index is 0.525. The van der Waals surface area contributed by atoms with Crippen LogP contribution in [0.4, 0.5) is 11.4 Å². The molecule has 4 aromatic carbocycles. The molecule has 0 bridgehead atoms. The smallest absolute Gasteiger partial charge is 0.423 e. The average molecular weight is 530 g/mol. The van der Waals surface area contributed by atoms with E-state index in [1.807, 2.05) is 72.8 Å². The molecule has 0 saturated heterocycles. The van der Waals surface area contributed by atoms with E-state index in [2.05, 4.69) is 44.4 Å². The molecular formula is C26H20BIN2O2. The molecule has 0 fully saturated rings. The van der Waals surface area contributed by atoms with Gasteiger partial charge in [-0.05, 0) is 39.2 Å². The molecule has 32 heavy (non-hydrogen) atoms. The third kappa shape index (κ3) is 8.75. The summed E-state index contributed by atoms with van der Waals surface area (Å²) in [5.74, 6) is 0. The van der Waals surface area contributed by atoms with Crippen LogP contribution in [-0.4, -0.2) is 17.2 Å². The number of nitrogens with zero attached hydrogens (tertiary/aromatic N) is 2. The first-order valence-electron chi connectivity index (χ1n) is 9.60. The number of benzene rings is 4. The average Bonchev–Trinajstić information content (AvgIpc) is 2.86. The van der Waals surface area contributed by atoms with Crippen molar-refractivity contribution in [3.63, 3.8) is 0 Å². The van der Waals surface area contributed by atoms with Gasteiger partial charge in [0.15, 0.2) is 11.4 Å². The van der Waals surface area contributed by atoms with Gasteiger partial charge < -0.3 is 10.0 Å². The molecule has 4 aromatic rings. The number of rotatable bonds is 2. The summed E-state index contributed by atoms with van der Waals surface area (Å²) in [4.78, 5) is 6.61.